The molecule has 6 heteroatoms. The van der Waals surface area contributed by atoms with Gasteiger partial charge in [0.05, 0.1) is 5.69 Å². The van der Waals surface area contributed by atoms with E-state index < -0.39 is 0 Å². The summed E-state index contributed by atoms with van der Waals surface area (Å²) in [5.74, 6) is 1.77. The van der Waals surface area contributed by atoms with Crippen molar-refractivity contribution in [3.63, 3.8) is 0 Å². The van der Waals surface area contributed by atoms with E-state index in [1.165, 1.54) is 24.1 Å². The molecule has 5 nitrogen and oxygen atoms in total. The fourth-order valence-corrected chi connectivity index (χ4v) is 3.38. The molecule has 0 radical (unpaired) electrons. The first-order chi connectivity index (χ1) is 9.74. The number of nitrogens with zero attached hydrogens (tertiary/aromatic N) is 2. The van der Waals surface area contributed by atoms with Crippen molar-refractivity contribution in [3.05, 3.63) is 11.3 Å². The maximum Gasteiger partial charge on any atom is 0.225 e. The van der Waals surface area contributed by atoms with Gasteiger partial charge in [-0.3, -0.25) is 9.48 Å². The van der Waals surface area contributed by atoms with E-state index in [2.05, 4.69) is 15.7 Å². The average Bonchev–Trinajstić information content (AvgIpc) is 3.01. The number of anilines is 1. The number of carbonyl (C=O) groups is 1. The minimum atomic E-state index is 0. The molecule has 1 aliphatic carbocycles. The highest BCUT2D eigenvalue weighted by molar-refractivity contribution is 5.90. The number of aryl methyl sites for hydroxylation is 2. The van der Waals surface area contributed by atoms with Crippen molar-refractivity contribution in [2.24, 2.45) is 13.0 Å². The van der Waals surface area contributed by atoms with E-state index in [0.717, 1.165) is 44.6 Å². The zero-order valence-electron chi connectivity index (χ0n) is 12.7. The van der Waals surface area contributed by atoms with E-state index >= 15 is 0 Å². The standard InChI is InChI=1S/C15H24N4O.ClH/c1-19-15(12-3-2-4-13(12)18-19)17-14(20)6-5-11-7-9-16-10-8-11;/h11,16H,2-10H2,1H3,(H,17,20);1H. The monoisotopic (exact) mass is 312 g/mol. The molecular weight excluding hydrogens is 288 g/mol. The van der Waals surface area contributed by atoms with Gasteiger partial charge < -0.3 is 10.6 Å². The molecule has 2 N–H and O–H groups in total. The van der Waals surface area contributed by atoms with Crippen LogP contribution in [0.2, 0.25) is 0 Å². The summed E-state index contributed by atoms with van der Waals surface area (Å²) in [6.45, 7) is 2.20. The van der Waals surface area contributed by atoms with Crippen LogP contribution in [0.15, 0.2) is 0 Å². The lowest BCUT2D eigenvalue weighted by atomic mass is 9.93. The molecule has 1 fully saturated rings. The van der Waals surface area contributed by atoms with E-state index in [9.17, 15) is 4.79 Å². The first kappa shape index (κ1) is 16.3. The molecule has 1 aliphatic heterocycles. The molecule has 0 unspecified atom stereocenters. The fraction of sp³-hybridized carbons (Fsp3) is 0.733. The molecular formula is C15H25ClN4O. The normalized spacial score (nSPS) is 18.1. The van der Waals surface area contributed by atoms with Gasteiger partial charge in [0.25, 0.3) is 0 Å². The van der Waals surface area contributed by atoms with E-state index in [1.54, 1.807) is 0 Å². The molecule has 0 aromatic carbocycles. The summed E-state index contributed by atoms with van der Waals surface area (Å²) in [5.41, 5.74) is 2.42. The second-order valence-corrected chi connectivity index (χ2v) is 6.03. The van der Waals surface area contributed by atoms with Gasteiger partial charge in [0.1, 0.15) is 5.82 Å². The van der Waals surface area contributed by atoms with E-state index in [1.807, 2.05) is 11.7 Å². The second kappa shape index (κ2) is 7.27. The molecule has 0 spiro atoms. The van der Waals surface area contributed by atoms with Crippen LogP contribution in [0.5, 0.6) is 0 Å². The number of carbonyl (C=O) groups excluding carboxylic acids is 1. The predicted octanol–water partition coefficient (Wildman–Crippen LogP) is 2.05. The lowest BCUT2D eigenvalue weighted by molar-refractivity contribution is -0.116. The molecule has 1 saturated heterocycles. The third kappa shape index (κ3) is 3.77. The van der Waals surface area contributed by atoms with Crippen molar-refractivity contribution in [3.8, 4) is 0 Å². The van der Waals surface area contributed by atoms with Crippen LogP contribution < -0.4 is 10.6 Å². The van der Waals surface area contributed by atoms with Crippen molar-refractivity contribution in [2.45, 2.75) is 44.9 Å². The van der Waals surface area contributed by atoms with Gasteiger partial charge >= 0.3 is 0 Å². The number of rotatable bonds is 4. The quantitative estimate of drug-likeness (QED) is 0.894. The van der Waals surface area contributed by atoms with Crippen molar-refractivity contribution in [2.75, 3.05) is 18.4 Å². The first-order valence-corrected chi connectivity index (χ1v) is 7.79. The topological polar surface area (TPSA) is 59.0 Å². The average molecular weight is 313 g/mol. The molecule has 118 valence electrons. The molecule has 1 aromatic rings. The van der Waals surface area contributed by atoms with Gasteiger partial charge in [-0.25, -0.2) is 0 Å². The Morgan fingerprint density at radius 2 is 2.14 bits per heavy atom. The van der Waals surface area contributed by atoms with Crippen LogP contribution in [0.4, 0.5) is 5.82 Å². The molecule has 0 bridgehead atoms. The van der Waals surface area contributed by atoms with Crippen molar-refractivity contribution in [1.29, 1.82) is 0 Å². The van der Waals surface area contributed by atoms with Gasteiger partial charge in [0, 0.05) is 19.0 Å². The van der Waals surface area contributed by atoms with Crippen molar-refractivity contribution < 1.29 is 4.79 Å². The predicted molar refractivity (Wildman–Crippen MR) is 85.9 cm³/mol. The zero-order valence-corrected chi connectivity index (χ0v) is 13.5. The summed E-state index contributed by atoms with van der Waals surface area (Å²) in [5, 5.41) is 10.9. The molecule has 1 amide bonds. The Bertz CT molecular complexity index is 494. The minimum absolute atomic E-state index is 0. The zero-order chi connectivity index (χ0) is 13.9. The van der Waals surface area contributed by atoms with Gasteiger partial charge in [-0.1, -0.05) is 0 Å². The molecule has 2 heterocycles. The summed E-state index contributed by atoms with van der Waals surface area (Å²) in [4.78, 5) is 12.1. The van der Waals surface area contributed by atoms with E-state index in [-0.39, 0.29) is 18.3 Å². The molecule has 1 aromatic heterocycles. The Hall–Kier alpha value is -1.07. The summed E-state index contributed by atoms with van der Waals surface area (Å²) in [7, 11) is 1.92. The molecule has 21 heavy (non-hydrogen) atoms. The highest BCUT2D eigenvalue weighted by Crippen LogP contribution is 2.28. The summed E-state index contributed by atoms with van der Waals surface area (Å²) >= 11 is 0. The van der Waals surface area contributed by atoms with Gasteiger partial charge in [0.2, 0.25) is 5.91 Å². The Labute approximate surface area is 132 Å². The van der Waals surface area contributed by atoms with Gasteiger partial charge in [-0.15, -0.1) is 12.4 Å². The van der Waals surface area contributed by atoms with Crippen molar-refractivity contribution in [1.82, 2.24) is 15.1 Å². The molecule has 0 saturated carbocycles. The van der Waals surface area contributed by atoms with Crippen LogP contribution in [0, 0.1) is 5.92 Å². The Kier molecular flexibility index (Phi) is 5.65. The highest BCUT2D eigenvalue weighted by atomic mass is 35.5. The highest BCUT2D eigenvalue weighted by Gasteiger charge is 2.22. The lowest BCUT2D eigenvalue weighted by Crippen LogP contribution is -2.28. The largest absolute Gasteiger partial charge is 0.317 e. The molecule has 3 rings (SSSR count). The number of hydrogen-bond donors (Lipinski definition) is 2. The maximum atomic E-state index is 12.1. The smallest absolute Gasteiger partial charge is 0.225 e. The number of nitrogens with one attached hydrogen (secondary N) is 2. The number of hydrogen-bond acceptors (Lipinski definition) is 3. The Balaban J connectivity index is 0.00000161. The summed E-state index contributed by atoms with van der Waals surface area (Å²) < 4.78 is 1.83. The third-order valence-corrected chi connectivity index (χ3v) is 4.57. The van der Waals surface area contributed by atoms with Gasteiger partial charge in [0.15, 0.2) is 0 Å². The second-order valence-electron chi connectivity index (χ2n) is 6.03. The first-order valence-electron chi connectivity index (χ1n) is 7.79. The van der Waals surface area contributed by atoms with E-state index in [0.29, 0.717) is 12.3 Å². The van der Waals surface area contributed by atoms with Gasteiger partial charge in [-0.05, 0) is 57.5 Å². The lowest BCUT2D eigenvalue weighted by Gasteiger charge is -2.22. The third-order valence-electron chi connectivity index (χ3n) is 4.57. The van der Waals surface area contributed by atoms with Crippen molar-refractivity contribution >= 4 is 24.1 Å². The molecule has 0 atom stereocenters. The van der Waals surface area contributed by atoms with Crippen LogP contribution in [0.1, 0.15) is 43.4 Å². The summed E-state index contributed by atoms with van der Waals surface area (Å²) in [6, 6.07) is 0. The molecule has 2 aliphatic rings. The number of amides is 1. The minimum Gasteiger partial charge on any atom is -0.317 e. The van der Waals surface area contributed by atoms with Crippen LogP contribution >= 0.6 is 12.4 Å². The van der Waals surface area contributed by atoms with E-state index in [4.69, 9.17) is 0 Å². The van der Waals surface area contributed by atoms with Gasteiger partial charge in [-0.2, -0.15) is 5.10 Å². The number of halogens is 1. The Morgan fingerprint density at radius 3 is 2.90 bits per heavy atom. The van der Waals surface area contributed by atoms with Crippen LogP contribution in [-0.2, 0) is 24.7 Å². The SMILES string of the molecule is Cl.Cn1nc2c(c1NC(=O)CCC1CCNCC1)CCC2. The fourth-order valence-electron chi connectivity index (χ4n) is 3.38. The van der Waals surface area contributed by atoms with Crippen LogP contribution in [-0.4, -0.2) is 28.8 Å². The number of fused-ring (bicyclic) bond motifs is 1. The van der Waals surface area contributed by atoms with Crippen LogP contribution in [0.3, 0.4) is 0 Å². The number of piperidine rings is 1. The summed E-state index contributed by atoms with van der Waals surface area (Å²) in [6.07, 6.45) is 7.30. The maximum absolute atomic E-state index is 12.1. The Morgan fingerprint density at radius 1 is 1.38 bits per heavy atom. The van der Waals surface area contributed by atoms with Crippen LogP contribution in [0.25, 0.3) is 0 Å². The number of aromatic nitrogens is 2.